The number of nitrogens with one attached hydrogen (secondary N) is 1. The molecule has 0 aliphatic carbocycles. The third-order valence-electron chi connectivity index (χ3n) is 4.38. The molecule has 1 heterocycles. The van der Waals surface area contributed by atoms with Crippen molar-refractivity contribution < 1.29 is 18.7 Å². The van der Waals surface area contributed by atoms with E-state index < -0.39 is 11.1 Å². The van der Waals surface area contributed by atoms with Crippen LogP contribution in [0, 0.1) is 5.82 Å². The van der Waals surface area contributed by atoms with Crippen LogP contribution in [0.4, 0.5) is 15.8 Å². The molecule has 0 spiro atoms. The van der Waals surface area contributed by atoms with E-state index in [0.29, 0.717) is 46.2 Å². The van der Waals surface area contributed by atoms with E-state index in [4.69, 9.17) is 27.9 Å². The summed E-state index contributed by atoms with van der Waals surface area (Å²) in [5, 5.41) is 3.32. The zero-order valence-electron chi connectivity index (χ0n) is 16.6. The van der Waals surface area contributed by atoms with Crippen LogP contribution in [0.25, 0.3) is 0 Å². The number of amides is 2. The summed E-state index contributed by atoms with van der Waals surface area (Å²) < 4.78 is 18.1. The summed E-state index contributed by atoms with van der Waals surface area (Å²) in [6.07, 6.45) is 0.583. The number of thioether (sulfide) groups is 1. The van der Waals surface area contributed by atoms with E-state index in [2.05, 4.69) is 10.3 Å². The minimum absolute atomic E-state index is 0.0396. The fourth-order valence-electron chi connectivity index (χ4n) is 2.88. The van der Waals surface area contributed by atoms with Crippen LogP contribution >= 0.6 is 35.0 Å². The molecular formula is C21H20Cl2FN3O3S. The predicted molar refractivity (Wildman–Crippen MR) is 123 cm³/mol. The lowest BCUT2D eigenvalue weighted by Gasteiger charge is -2.16. The summed E-state index contributed by atoms with van der Waals surface area (Å²) in [5.74, 6) is -0.936. The Labute approximate surface area is 193 Å². The SMILES string of the molecule is COCCCN1C(=O)C(CC(=O)Nc2ccc(F)cc2)SC1=Nc1ccc(Cl)c(Cl)c1. The van der Waals surface area contributed by atoms with Crippen LogP contribution in [0.5, 0.6) is 0 Å². The third kappa shape index (κ3) is 6.43. The Hall–Kier alpha value is -2.13. The van der Waals surface area contributed by atoms with E-state index in [1.807, 2.05) is 0 Å². The fourth-order valence-corrected chi connectivity index (χ4v) is 4.35. The number of methoxy groups -OCH3 is 1. The largest absolute Gasteiger partial charge is 0.385 e. The lowest BCUT2D eigenvalue weighted by atomic mass is 10.2. The molecule has 0 saturated carbocycles. The van der Waals surface area contributed by atoms with Crippen LogP contribution in [-0.4, -0.2) is 47.4 Å². The van der Waals surface area contributed by atoms with Gasteiger partial charge in [-0.2, -0.15) is 0 Å². The molecule has 1 aliphatic heterocycles. The number of aliphatic imine (C=N–C) groups is 1. The second-order valence-corrected chi connectivity index (χ2v) is 8.68. The van der Waals surface area contributed by atoms with Crippen LogP contribution in [0.15, 0.2) is 47.5 Å². The summed E-state index contributed by atoms with van der Waals surface area (Å²) in [4.78, 5) is 31.5. The molecule has 31 heavy (non-hydrogen) atoms. The fraction of sp³-hybridized carbons (Fsp3) is 0.286. The van der Waals surface area contributed by atoms with E-state index in [-0.39, 0.29) is 18.2 Å². The first kappa shape index (κ1) is 23.5. The number of anilines is 1. The van der Waals surface area contributed by atoms with Crippen molar-refractivity contribution in [1.82, 2.24) is 4.90 Å². The summed E-state index contributed by atoms with van der Waals surface area (Å²) in [7, 11) is 1.59. The van der Waals surface area contributed by atoms with Crippen molar-refractivity contribution in [3.63, 3.8) is 0 Å². The summed E-state index contributed by atoms with van der Waals surface area (Å²) in [6, 6.07) is 10.4. The molecule has 2 amide bonds. The van der Waals surface area contributed by atoms with E-state index in [1.165, 1.54) is 36.0 Å². The van der Waals surface area contributed by atoms with Crippen LogP contribution < -0.4 is 5.32 Å². The number of amidine groups is 1. The highest BCUT2D eigenvalue weighted by atomic mass is 35.5. The van der Waals surface area contributed by atoms with E-state index in [0.717, 1.165) is 0 Å². The van der Waals surface area contributed by atoms with Gasteiger partial charge >= 0.3 is 0 Å². The smallest absolute Gasteiger partial charge is 0.242 e. The number of halogens is 3. The Kier molecular flexibility index (Phi) is 8.31. The van der Waals surface area contributed by atoms with Crippen molar-refractivity contribution in [3.05, 3.63) is 58.3 Å². The average Bonchev–Trinajstić information content (AvgIpc) is 3.01. The van der Waals surface area contributed by atoms with Crippen LogP contribution in [0.2, 0.25) is 10.0 Å². The minimum Gasteiger partial charge on any atom is -0.385 e. The maximum Gasteiger partial charge on any atom is 0.242 e. The highest BCUT2D eigenvalue weighted by Gasteiger charge is 2.38. The van der Waals surface area contributed by atoms with Gasteiger partial charge in [0.15, 0.2) is 5.17 Å². The normalized spacial score (nSPS) is 17.4. The van der Waals surface area contributed by atoms with Crippen LogP contribution in [-0.2, 0) is 14.3 Å². The standard InChI is InChI=1S/C21H20Cl2FN3O3S/c1-30-10-2-9-27-20(29)18(12-19(28)25-14-5-3-13(24)4-6-14)31-21(27)26-15-7-8-16(22)17(23)11-15/h3-8,11,18H,2,9-10,12H2,1H3,(H,25,28). The number of rotatable bonds is 8. The minimum atomic E-state index is -0.621. The molecule has 2 aromatic carbocycles. The molecule has 164 valence electrons. The molecule has 1 atom stereocenters. The highest BCUT2D eigenvalue weighted by molar-refractivity contribution is 8.15. The van der Waals surface area contributed by atoms with Crippen LogP contribution in [0.1, 0.15) is 12.8 Å². The topological polar surface area (TPSA) is 71.0 Å². The molecule has 1 N–H and O–H groups in total. The molecule has 0 bridgehead atoms. The van der Waals surface area contributed by atoms with Crippen molar-refractivity contribution in [2.45, 2.75) is 18.1 Å². The van der Waals surface area contributed by atoms with Gasteiger partial charge in [0.2, 0.25) is 11.8 Å². The Balaban J connectivity index is 1.74. The predicted octanol–water partition coefficient (Wildman–Crippen LogP) is 5.13. The molecule has 10 heteroatoms. The Morgan fingerprint density at radius 3 is 2.65 bits per heavy atom. The summed E-state index contributed by atoms with van der Waals surface area (Å²) in [6.45, 7) is 0.903. The van der Waals surface area contributed by atoms with Gasteiger partial charge < -0.3 is 10.1 Å². The summed E-state index contributed by atoms with van der Waals surface area (Å²) >= 11 is 13.2. The zero-order chi connectivity index (χ0) is 22.4. The second kappa shape index (κ2) is 10.9. The first-order chi connectivity index (χ1) is 14.9. The zero-order valence-corrected chi connectivity index (χ0v) is 18.9. The number of carbonyl (C=O) groups excluding carboxylic acids is 2. The first-order valence-corrected chi connectivity index (χ1v) is 11.1. The molecule has 1 aliphatic rings. The molecule has 2 aromatic rings. The van der Waals surface area contributed by atoms with Gasteiger partial charge in [0.05, 0.1) is 15.7 Å². The van der Waals surface area contributed by atoms with Crippen LogP contribution in [0.3, 0.4) is 0 Å². The maximum absolute atomic E-state index is 13.0. The Morgan fingerprint density at radius 2 is 1.97 bits per heavy atom. The molecule has 1 unspecified atom stereocenters. The Morgan fingerprint density at radius 1 is 1.23 bits per heavy atom. The van der Waals surface area contributed by atoms with Gasteiger partial charge in [0.1, 0.15) is 11.1 Å². The summed E-state index contributed by atoms with van der Waals surface area (Å²) in [5.41, 5.74) is 1.02. The quantitative estimate of drug-likeness (QED) is 0.528. The van der Waals surface area contributed by atoms with Crippen molar-refractivity contribution in [3.8, 4) is 0 Å². The molecule has 1 saturated heterocycles. The van der Waals surface area contributed by atoms with Gasteiger partial charge in [-0.05, 0) is 48.9 Å². The van der Waals surface area contributed by atoms with Gasteiger partial charge in [-0.25, -0.2) is 9.38 Å². The number of ether oxygens (including phenoxy) is 1. The van der Waals surface area contributed by atoms with Gasteiger partial charge in [-0.3, -0.25) is 14.5 Å². The molecule has 3 rings (SSSR count). The molecular weight excluding hydrogens is 464 g/mol. The van der Waals surface area contributed by atoms with E-state index in [1.54, 1.807) is 30.2 Å². The lowest BCUT2D eigenvalue weighted by molar-refractivity contribution is -0.128. The number of hydrogen-bond acceptors (Lipinski definition) is 5. The van der Waals surface area contributed by atoms with Gasteiger partial charge in [0, 0.05) is 32.4 Å². The first-order valence-electron chi connectivity index (χ1n) is 9.43. The highest BCUT2D eigenvalue weighted by Crippen LogP contribution is 2.33. The maximum atomic E-state index is 13.0. The van der Waals surface area contributed by atoms with Gasteiger partial charge in [-0.15, -0.1) is 0 Å². The number of benzene rings is 2. The monoisotopic (exact) mass is 483 g/mol. The number of carbonyl (C=O) groups is 2. The lowest BCUT2D eigenvalue weighted by Crippen LogP contribution is -2.34. The Bertz CT molecular complexity index is 988. The van der Waals surface area contributed by atoms with Crippen molar-refractivity contribution in [1.29, 1.82) is 0 Å². The molecule has 0 aromatic heterocycles. The second-order valence-electron chi connectivity index (χ2n) is 6.69. The third-order valence-corrected chi connectivity index (χ3v) is 6.29. The van der Waals surface area contributed by atoms with Gasteiger partial charge in [0.25, 0.3) is 0 Å². The van der Waals surface area contributed by atoms with Crippen molar-refractivity contribution in [2.24, 2.45) is 4.99 Å². The molecule has 6 nitrogen and oxygen atoms in total. The number of hydrogen-bond donors (Lipinski definition) is 1. The van der Waals surface area contributed by atoms with Crippen molar-refractivity contribution >= 4 is 63.3 Å². The van der Waals surface area contributed by atoms with E-state index in [9.17, 15) is 14.0 Å². The molecule has 1 fully saturated rings. The average molecular weight is 484 g/mol. The van der Waals surface area contributed by atoms with Crippen molar-refractivity contribution in [2.75, 3.05) is 25.6 Å². The van der Waals surface area contributed by atoms with Gasteiger partial charge in [-0.1, -0.05) is 35.0 Å². The number of nitrogens with zero attached hydrogens (tertiary/aromatic N) is 2. The molecule has 0 radical (unpaired) electrons. The van der Waals surface area contributed by atoms with E-state index >= 15 is 0 Å².